The summed E-state index contributed by atoms with van der Waals surface area (Å²) < 4.78 is 24.9. The van der Waals surface area contributed by atoms with Crippen LogP contribution in [0.5, 0.6) is 0 Å². The second-order valence-electron chi connectivity index (χ2n) is 3.72. The van der Waals surface area contributed by atoms with E-state index in [1.165, 1.54) is 4.31 Å². The fraction of sp³-hybridized carbons (Fsp3) is 0.333. The molecule has 74 valence electrons. The first-order chi connectivity index (χ1) is 6.59. The lowest BCUT2D eigenvalue weighted by Gasteiger charge is -2.10. The van der Waals surface area contributed by atoms with Crippen molar-refractivity contribution in [3.05, 3.63) is 23.3 Å². The summed E-state index contributed by atoms with van der Waals surface area (Å²) in [7, 11) is -3.11. The van der Waals surface area contributed by atoms with Gasteiger partial charge in [0.15, 0.2) is 0 Å². The Morgan fingerprint density at radius 2 is 2.14 bits per heavy atom. The molecule has 0 saturated heterocycles. The van der Waals surface area contributed by atoms with E-state index < -0.39 is 10.0 Å². The van der Waals surface area contributed by atoms with E-state index in [9.17, 15) is 8.42 Å². The fourth-order valence-corrected chi connectivity index (χ4v) is 3.94. The fourth-order valence-electron chi connectivity index (χ4n) is 2.24. The number of anilines is 2. The van der Waals surface area contributed by atoms with Gasteiger partial charge in [-0.15, -0.1) is 0 Å². The molecule has 2 aliphatic rings. The highest BCUT2D eigenvalue weighted by molar-refractivity contribution is 7.92. The van der Waals surface area contributed by atoms with Crippen molar-refractivity contribution < 1.29 is 8.42 Å². The highest BCUT2D eigenvalue weighted by Gasteiger charge is 2.39. The Labute approximate surface area is 82.4 Å². The second-order valence-corrected chi connectivity index (χ2v) is 5.61. The number of hydrogen-bond acceptors (Lipinski definition) is 3. The van der Waals surface area contributed by atoms with E-state index in [2.05, 4.69) is 0 Å². The third-order valence-electron chi connectivity index (χ3n) is 2.90. The van der Waals surface area contributed by atoms with Crippen LogP contribution in [0.3, 0.4) is 0 Å². The Kier molecular flexibility index (Phi) is 1.29. The van der Waals surface area contributed by atoms with E-state index in [4.69, 9.17) is 5.73 Å². The highest BCUT2D eigenvalue weighted by Crippen LogP contribution is 2.43. The number of nitrogen functional groups attached to an aromatic ring is 1. The van der Waals surface area contributed by atoms with E-state index >= 15 is 0 Å². The topological polar surface area (TPSA) is 63.4 Å². The zero-order valence-electron chi connectivity index (χ0n) is 7.53. The number of hydrogen-bond donors (Lipinski definition) is 1. The quantitative estimate of drug-likeness (QED) is 0.633. The lowest BCUT2D eigenvalue weighted by atomic mass is 10.1. The van der Waals surface area contributed by atoms with Gasteiger partial charge >= 0.3 is 0 Å². The number of rotatable bonds is 0. The maximum Gasteiger partial charge on any atom is 0.239 e. The lowest BCUT2D eigenvalue weighted by Crippen LogP contribution is -2.24. The van der Waals surface area contributed by atoms with E-state index in [-0.39, 0.29) is 5.75 Å². The zero-order chi connectivity index (χ0) is 9.92. The van der Waals surface area contributed by atoms with Gasteiger partial charge in [0.1, 0.15) is 0 Å². The number of benzene rings is 1. The molecule has 0 fully saturated rings. The molecule has 0 spiro atoms. The van der Waals surface area contributed by atoms with Gasteiger partial charge in [-0.1, -0.05) is 6.07 Å². The molecule has 0 amide bonds. The van der Waals surface area contributed by atoms with Crippen LogP contribution in [0.2, 0.25) is 0 Å². The largest absolute Gasteiger partial charge is 0.398 e. The highest BCUT2D eigenvalue weighted by atomic mass is 32.2. The molecular formula is C9H10N2O2S. The van der Waals surface area contributed by atoms with Crippen molar-refractivity contribution in [3.63, 3.8) is 0 Å². The van der Waals surface area contributed by atoms with Crippen molar-refractivity contribution in [2.75, 3.05) is 16.6 Å². The van der Waals surface area contributed by atoms with Crippen molar-refractivity contribution >= 4 is 21.4 Å². The van der Waals surface area contributed by atoms with Gasteiger partial charge in [-0.2, -0.15) is 0 Å². The molecule has 0 radical (unpaired) electrons. The molecule has 3 rings (SSSR count). The predicted octanol–water partition coefficient (Wildman–Crippen LogP) is 0.475. The van der Waals surface area contributed by atoms with Crippen LogP contribution >= 0.6 is 0 Å². The van der Waals surface area contributed by atoms with Gasteiger partial charge < -0.3 is 5.73 Å². The molecule has 2 aliphatic heterocycles. The number of nitrogens with zero attached hydrogens (tertiary/aromatic N) is 1. The third kappa shape index (κ3) is 0.803. The lowest BCUT2D eigenvalue weighted by molar-refractivity contribution is 0.594. The summed E-state index contributed by atoms with van der Waals surface area (Å²) in [6.45, 7) is 0.578. The Morgan fingerprint density at radius 3 is 2.93 bits per heavy atom. The summed E-state index contributed by atoms with van der Waals surface area (Å²) in [6, 6.07) is 3.73. The molecule has 2 heterocycles. The Hall–Kier alpha value is -1.23. The molecule has 14 heavy (non-hydrogen) atoms. The minimum atomic E-state index is -3.11. The van der Waals surface area contributed by atoms with E-state index in [1.807, 2.05) is 6.07 Å². The number of nitrogens with two attached hydrogens (primary N) is 1. The van der Waals surface area contributed by atoms with Crippen LogP contribution in [-0.4, -0.2) is 15.0 Å². The third-order valence-corrected chi connectivity index (χ3v) is 4.59. The first kappa shape index (κ1) is 8.11. The van der Waals surface area contributed by atoms with Gasteiger partial charge in [0.2, 0.25) is 10.0 Å². The molecule has 0 saturated carbocycles. The second kappa shape index (κ2) is 2.23. The van der Waals surface area contributed by atoms with Gasteiger partial charge in [0.05, 0.1) is 11.4 Å². The molecule has 0 atom stereocenters. The molecule has 4 nitrogen and oxygen atoms in total. The van der Waals surface area contributed by atoms with Gasteiger partial charge in [0, 0.05) is 17.8 Å². The molecular weight excluding hydrogens is 200 g/mol. The predicted molar refractivity (Wildman–Crippen MR) is 54.5 cm³/mol. The maximum absolute atomic E-state index is 11.7. The minimum absolute atomic E-state index is 0.0714. The Bertz CT molecular complexity index is 522. The molecule has 2 N–H and O–H groups in total. The van der Waals surface area contributed by atoms with Crippen molar-refractivity contribution in [2.45, 2.75) is 12.2 Å². The van der Waals surface area contributed by atoms with Crippen LogP contribution in [0.15, 0.2) is 12.1 Å². The summed E-state index contributed by atoms with van der Waals surface area (Å²) in [6.07, 6.45) is 0.807. The normalized spacial score (nSPS) is 21.3. The Balaban J connectivity index is 2.38. The summed E-state index contributed by atoms with van der Waals surface area (Å²) in [5.41, 5.74) is 9.11. The first-order valence-electron chi connectivity index (χ1n) is 4.50. The van der Waals surface area contributed by atoms with Crippen LogP contribution < -0.4 is 10.0 Å². The summed E-state index contributed by atoms with van der Waals surface area (Å²) in [5, 5.41) is 0. The van der Waals surface area contributed by atoms with Crippen molar-refractivity contribution in [2.24, 2.45) is 0 Å². The molecule has 0 unspecified atom stereocenters. The average molecular weight is 210 g/mol. The maximum atomic E-state index is 11.7. The Morgan fingerprint density at radius 1 is 1.36 bits per heavy atom. The molecule has 1 aromatic rings. The average Bonchev–Trinajstić information content (AvgIpc) is 2.63. The van der Waals surface area contributed by atoms with Gasteiger partial charge in [-0.3, -0.25) is 4.31 Å². The van der Waals surface area contributed by atoms with E-state index in [0.717, 1.165) is 23.2 Å². The van der Waals surface area contributed by atoms with Crippen LogP contribution in [-0.2, 0) is 22.2 Å². The molecule has 5 heteroatoms. The summed E-state index contributed by atoms with van der Waals surface area (Å²) in [5.74, 6) is 0.0714. The van der Waals surface area contributed by atoms with Crippen molar-refractivity contribution in [3.8, 4) is 0 Å². The van der Waals surface area contributed by atoms with E-state index in [0.29, 0.717) is 12.2 Å². The molecule has 0 aliphatic carbocycles. The molecule has 1 aromatic carbocycles. The standard InChI is InChI=1S/C9H10N2O2S/c10-8-2-1-6-3-4-11-9(6)7(8)5-14(11,12)13/h1-2H,3-5,10H2. The van der Waals surface area contributed by atoms with Crippen molar-refractivity contribution in [1.29, 1.82) is 0 Å². The summed E-state index contributed by atoms with van der Waals surface area (Å²) in [4.78, 5) is 0. The van der Waals surface area contributed by atoms with Gasteiger partial charge in [-0.05, 0) is 18.1 Å². The SMILES string of the molecule is Nc1ccc2c3c1CS(=O)(=O)N3CC2. The monoisotopic (exact) mass is 210 g/mol. The van der Waals surface area contributed by atoms with Crippen LogP contribution in [0.1, 0.15) is 11.1 Å². The van der Waals surface area contributed by atoms with Crippen molar-refractivity contribution in [1.82, 2.24) is 0 Å². The van der Waals surface area contributed by atoms with Crippen LogP contribution in [0, 0.1) is 0 Å². The zero-order valence-corrected chi connectivity index (χ0v) is 8.34. The van der Waals surface area contributed by atoms with Crippen LogP contribution in [0.25, 0.3) is 0 Å². The number of sulfonamides is 1. The molecule has 0 bridgehead atoms. The van der Waals surface area contributed by atoms with E-state index in [1.54, 1.807) is 6.07 Å². The first-order valence-corrected chi connectivity index (χ1v) is 6.11. The summed E-state index contributed by atoms with van der Waals surface area (Å²) >= 11 is 0. The molecule has 0 aromatic heterocycles. The van der Waals surface area contributed by atoms with Gasteiger partial charge in [-0.25, -0.2) is 8.42 Å². The van der Waals surface area contributed by atoms with Gasteiger partial charge in [0.25, 0.3) is 0 Å². The smallest absolute Gasteiger partial charge is 0.239 e. The minimum Gasteiger partial charge on any atom is -0.398 e. The van der Waals surface area contributed by atoms with Crippen LogP contribution in [0.4, 0.5) is 11.4 Å².